The lowest BCUT2D eigenvalue weighted by molar-refractivity contribution is -0.165. The Bertz CT molecular complexity index is 1090. The molecule has 3 aliphatic rings. The zero-order chi connectivity index (χ0) is 26.0. The summed E-state index contributed by atoms with van der Waals surface area (Å²) in [5.41, 5.74) is -0.228. The lowest BCUT2D eigenvalue weighted by atomic mass is 10.0. The van der Waals surface area contributed by atoms with Crippen LogP contribution in [0.25, 0.3) is 0 Å². The van der Waals surface area contributed by atoms with Gasteiger partial charge in [0.2, 0.25) is 7.37 Å². The maximum Gasteiger partial charge on any atom is 0.261 e. The Kier molecular flexibility index (Phi) is 6.51. The molecule has 3 fully saturated rings. The van der Waals surface area contributed by atoms with Crippen LogP contribution in [0.2, 0.25) is 5.04 Å². The van der Waals surface area contributed by atoms with Gasteiger partial charge in [0.05, 0.1) is 18.8 Å². The topological polar surface area (TPSA) is 54.0 Å². The number of rotatable bonds is 8. The number of hydrogen-bond donors (Lipinski definition) is 0. The van der Waals surface area contributed by atoms with Gasteiger partial charge in [-0.3, -0.25) is 4.57 Å². The van der Waals surface area contributed by atoms with Crippen molar-refractivity contribution in [1.82, 2.24) is 0 Å². The highest BCUT2D eigenvalue weighted by atomic mass is 31.2. The quantitative estimate of drug-likeness (QED) is 0.339. The highest BCUT2D eigenvalue weighted by Crippen LogP contribution is 2.73. The molecule has 6 atom stereocenters. The van der Waals surface area contributed by atoms with E-state index in [9.17, 15) is 4.57 Å². The summed E-state index contributed by atoms with van der Waals surface area (Å²) in [6.07, 6.45) is 0.974. The molecule has 1 unspecified atom stereocenters. The minimum Gasteiger partial charge on any atom is -0.401 e. The van der Waals surface area contributed by atoms with Crippen LogP contribution in [-0.4, -0.2) is 51.9 Å². The molecular weight excluding hydrogens is 487 g/mol. The summed E-state index contributed by atoms with van der Waals surface area (Å²) in [7, 11) is -5.54. The van der Waals surface area contributed by atoms with E-state index in [1.165, 1.54) is 10.4 Å². The molecule has 5 nitrogen and oxygen atoms in total. The summed E-state index contributed by atoms with van der Waals surface area (Å²) >= 11 is 0. The zero-order valence-corrected chi connectivity index (χ0v) is 24.6. The van der Waals surface area contributed by atoms with Gasteiger partial charge in [-0.2, -0.15) is 0 Å². The Morgan fingerprint density at radius 2 is 1.56 bits per heavy atom. The largest absolute Gasteiger partial charge is 0.401 e. The molecule has 36 heavy (non-hydrogen) atoms. The van der Waals surface area contributed by atoms with Crippen LogP contribution in [0.15, 0.2) is 60.7 Å². The molecule has 7 heteroatoms. The fraction of sp³-hybridized carbons (Fsp3) is 0.586. The molecule has 0 aromatic heterocycles. The van der Waals surface area contributed by atoms with Crippen molar-refractivity contribution in [1.29, 1.82) is 0 Å². The first-order valence-electron chi connectivity index (χ1n) is 13.2. The minimum absolute atomic E-state index is 0.133. The summed E-state index contributed by atoms with van der Waals surface area (Å²) in [5, 5.41) is 2.38. The average Bonchev–Trinajstić information content (AvgIpc) is 3.33. The normalized spacial score (nSPS) is 32.5. The summed E-state index contributed by atoms with van der Waals surface area (Å²) < 4.78 is 39.8. The zero-order valence-electron chi connectivity index (χ0n) is 22.7. The predicted octanol–water partition coefficient (Wildman–Crippen LogP) is 5.42. The Morgan fingerprint density at radius 1 is 1.00 bits per heavy atom. The van der Waals surface area contributed by atoms with Crippen molar-refractivity contribution in [2.24, 2.45) is 11.3 Å². The number of fused-ring (bicyclic) bond motifs is 3. The van der Waals surface area contributed by atoms with E-state index in [0.717, 1.165) is 6.42 Å². The SMILES string of the molecule is CCOP(C)(=O)C[C@@]12C[C@@H]1[C@H](O[Si](c1ccccc1)(c1ccccc1)C(C)(C)C)[C@@H]1OC(C)(C)O[C@@H]12. The van der Waals surface area contributed by atoms with Gasteiger partial charge >= 0.3 is 0 Å². The summed E-state index contributed by atoms with van der Waals surface area (Å²) in [6.45, 7) is 15.0. The molecule has 0 radical (unpaired) electrons. The van der Waals surface area contributed by atoms with Gasteiger partial charge in [-0.05, 0) is 48.5 Å². The lowest BCUT2D eigenvalue weighted by Gasteiger charge is -2.45. The van der Waals surface area contributed by atoms with E-state index in [-0.39, 0.29) is 34.7 Å². The molecule has 0 N–H and O–H groups in total. The van der Waals surface area contributed by atoms with E-state index in [1.54, 1.807) is 6.66 Å². The maximum absolute atomic E-state index is 13.4. The first-order chi connectivity index (χ1) is 16.9. The molecule has 196 valence electrons. The van der Waals surface area contributed by atoms with Gasteiger partial charge in [0.15, 0.2) is 5.79 Å². The van der Waals surface area contributed by atoms with E-state index in [0.29, 0.717) is 12.8 Å². The van der Waals surface area contributed by atoms with Crippen molar-refractivity contribution in [3.05, 3.63) is 60.7 Å². The highest BCUT2D eigenvalue weighted by Gasteiger charge is 2.77. The van der Waals surface area contributed by atoms with E-state index in [2.05, 4.69) is 81.4 Å². The van der Waals surface area contributed by atoms with E-state index in [4.69, 9.17) is 18.4 Å². The first kappa shape index (κ1) is 26.3. The van der Waals surface area contributed by atoms with Crippen molar-refractivity contribution < 1.29 is 23.0 Å². The lowest BCUT2D eigenvalue weighted by Crippen LogP contribution is -2.68. The van der Waals surface area contributed by atoms with Crippen molar-refractivity contribution in [3.63, 3.8) is 0 Å². The van der Waals surface area contributed by atoms with Crippen LogP contribution < -0.4 is 10.4 Å². The van der Waals surface area contributed by atoms with E-state index >= 15 is 0 Å². The third-order valence-electron chi connectivity index (χ3n) is 8.31. The van der Waals surface area contributed by atoms with Gasteiger partial charge in [-0.1, -0.05) is 81.4 Å². The summed E-state index contributed by atoms with van der Waals surface area (Å²) in [5.74, 6) is -0.467. The molecule has 1 aliphatic heterocycles. The third-order valence-corrected chi connectivity index (χ3v) is 15.3. The van der Waals surface area contributed by atoms with Crippen molar-refractivity contribution >= 4 is 26.1 Å². The average molecular weight is 529 g/mol. The Hall–Kier alpha value is -1.27. The minimum atomic E-state index is -2.78. The molecule has 0 amide bonds. The number of hydrogen-bond acceptors (Lipinski definition) is 5. The van der Waals surface area contributed by atoms with Gasteiger partial charge in [-0.25, -0.2) is 0 Å². The van der Waals surface area contributed by atoms with Crippen LogP contribution in [0, 0.1) is 11.3 Å². The molecule has 1 saturated heterocycles. The Balaban J connectivity index is 1.60. The molecule has 0 bridgehead atoms. The van der Waals surface area contributed by atoms with Crippen molar-refractivity contribution in [2.75, 3.05) is 19.4 Å². The van der Waals surface area contributed by atoms with Crippen molar-refractivity contribution in [3.8, 4) is 0 Å². The fourth-order valence-electron chi connectivity index (χ4n) is 6.99. The first-order valence-corrected chi connectivity index (χ1v) is 17.4. The molecule has 2 aliphatic carbocycles. The monoisotopic (exact) mass is 528 g/mol. The van der Waals surface area contributed by atoms with Crippen LogP contribution in [0.5, 0.6) is 0 Å². The van der Waals surface area contributed by atoms with E-state index < -0.39 is 21.5 Å². The predicted molar refractivity (Wildman–Crippen MR) is 147 cm³/mol. The number of ether oxygens (including phenoxy) is 2. The van der Waals surface area contributed by atoms with Crippen LogP contribution in [0.1, 0.15) is 48.0 Å². The molecule has 0 spiro atoms. The maximum atomic E-state index is 13.4. The van der Waals surface area contributed by atoms with Crippen LogP contribution in [0.3, 0.4) is 0 Å². The Morgan fingerprint density at radius 3 is 2.06 bits per heavy atom. The molecule has 1 heterocycles. The molecule has 2 aromatic rings. The molecule has 5 rings (SSSR count). The summed E-state index contributed by atoms with van der Waals surface area (Å²) in [4.78, 5) is 0. The second kappa shape index (κ2) is 8.89. The van der Waals surface area contributed by atoms with Crippen LogP contribution in [-0.2, 0) is 23.0 Å². The smallest absolute Gasteiger partial charge is 0.261 e. The molecule has 2 aromatic carbocycles. The standard InChI is InChI=1S/C29H41O5PSi/c1-8-31-35(7,30)20-29-19-23(29)24(25-26(29)33-28(5,6)32-25)34-36(27(2,3)4,21-15-11-9-12-16-21)22-17-13-10-14-18-22/h9-18,23-26H,8,19-20H2,1-7H3/t23-,24+,25+,26+,29+,35?/m1/s1. The Labute approximate surface area is 217 Å². The number of benzene rings is 2. The molecule has 2 saturated carbocycles. The van der Waals surface area contributed by atoms with E-state index in [1.807, 2.05) is 20.8 Å². The van der Waals surface area contributed by atoms with Crippen LogP contribution >= 0.6 is 7.37 Å². The second-order valence-corrected chi connectivity index (χ2v) is 19.3. The fourth-order valence-corrected chi connectivity index (χ4v) is 14.0. The van der Waals surface area contributed by atoms with Crippen molar-refractivity contribution in [2.45, 2.75) is 77.1 Å². The van der Waals surface area contributed by atoms with Crippen LogP contribution in [0.4, 0.5) is 0 Å². The van der Waals surface area contributed by atoms with Gasteiger partial charge in [0.1, 0.15) is 6.10 Å². The van der Waals surface area contributed by atoms with Gasteiger partial charge in [0, 0.05) is 18.2 Å². The molecular formula is C29H41O5PSi. The van der Waals surface area contributed by atoms with Gasteiger partial charge in [-0.15, -0.1) is 0 Å². The summed E-state index contributed by atoms with van der Waals surface area (Å²) in [6, 6.07) is 21.5. The van der Waals surface area contributed by atoms with Gasteiger partial charge < -0.3 is 18.4 Å². The second-order valence-electron chi connectivity index (χ2n) is 12.4. The van der Waals surface area contributed by atoms with Gasteiger partial charge in [0.25, 0.3) is 8.32 Å². The third kappa shape index (κ3) is 4.28. The highest BCUT2D eigenvalue weighted by molar-refractivity contribution is 7.58.